The van der Waals surface area contributed by atoms with Crippen molar-refractivity contribution in [1.82, 2.24) is 19.6 Å². The van der Waals surface area contributed by atoms with Crippen LogP contribution in [-0.4, -0.2) is 50.3 Å². The summed E-state index contributed by atoms with van der Waals surface area (Å²) in [7, 11) is 0. The van der Waals surface area contributed by atoms with Gasteiger partial charge in [0.1, 0.15) is 11.9 Å². The summed E-state index contributed by atoms with van der Waals surface area (Å²) in [6.07, 6.45) is 5.13. The summed E-state index contributed by atoms with van der Waals surface area (Å²) in [6.45, 7) is 3.25. The molecule has 0 bridgehead atoms. The lowest BCUT2D eigenvalue weighted by atomic mass is 10.0. The summed E-state index contributed by atoms with van der Waals surface area (Å²) in [5.74, 6) is -0.239. The van der Waals surface area contributed by atoms with E-state index in [1.54, 1.807) is 23.0 Å². The van der Waals surface area contributed by atoms with E-state index in [9.17, 15) is 14.3 Å². The lowest BCUT2D eigenvalue weighted by molar-refractivity contribution is -0.138. The lowest BCUT2D eigenvalue weighted by Crippen LogP contribution is -2.43. The van der Waals surface area contributed by atoms with Gasteiger partial charge in [0.2, 0.25) is 5.91 Å². The molecule has 6 nitrogen and oxygen atoms in total. The van der Waals surface area contributed by atoms with Crippen molar-refractivity contribution in [2.75, 3.05) is 19.7 Å². The van der Waals surface area contributed by atoms with Gasteiger partial charge in [-0.3, -0.25) is 14.4 Å². The van der Waals surface area contributed by atoms with Gasteiger partial charge < -0.3 is 10.0 Å². The maximum absolute atomic E-state index is 13.5. The molecule has 0 saturated carbocycles. The van der Waals surface area contributed by atoms with Crippen LogP contribution in [0.5, 0.6) is 0 Å². The normalized spacial score (nSPS) is 18.5. The summed E-state index contributed by atoms with van der Waals surface area (Å²) in [5.41, 5.74) is 2.87. The number of rotatable bonds is 5. The third kappa shape index (κ3) is 3.61. The van der Waals surface area contributed by atoms with Gasteiger partial charge in [0, 0.05) is 12.1 Å². The Balaban J connectivity index is 1.58. The first-order valence-electron chi connectivity index (χ1n) is 9.60. The minimum Gasteiger partial charge on any atom is -0.394 e. The van der Waals surface area contributed by atoms with Gasteiger partial charge in [-0.25, -0.2) is 4.39 Å². The highest BCUT2D eigenvalue weighted by Gasteiger charge is 2.35. The van der Waals surface area contributed by atoms with Gasteiger partial charge in [-0.05, 0) is 43.6 Å². The predicted molar refractivity (Wildman–Crippen MR) is 98.1 cm³/mol. The summed E-state index contributed by atoms with van der Waals surface area (Å²) < 4.78 is 15.2. The minimum atomic E-state index is -0.380. The van der Waals surface area contributed by atoms with Crippen LogP contribution >= 0.6 is 0 Å². The zero-order valence-electron chi connectivity index (χ0n) is 15.4. The van der Waals surface area contributed by atoms with Gasteiger partial charge in [-0.1, -0.05) is 18.6 Å². The van der Waals surface area contributed by atoms with Crippen LogP contribution in [0.25, 0.3) is 0 Å². The van der Waals surface area contributed by atoms with E-state index in [4.69, 9.17) is 0 Å². The Morgan fingerprint density at radius 1 is 1.15 bits per heavy atom. The molecule has 1 fully saturated rings. The minimum absolute atomic E-state index is 0.0219. The van der Waals surface area contributed by atoms with Crippen LogP contribution in [0.4, 0.5) is 4.39 Å². The monoisotopic (exact) mass is 372 g/mol. The number of amides is 1. The van der Waals surface area contributed by atoms with E-state index < -0.39 is 0 Å². The number of aliphatic hydroxyl groups is 1. The van der Waals surface area contributed by atoms with Crippen LogP contribution in [0.3, 0.4) is 0 Å². The van der Waals surface area contributed by atoms with Crippen molar-refractivity contribution in [3.8, 4) is 0 Å². The van der Waals surface area contributed by atoms with Crippen molar-refractivity contribution in [1.29, 1.82) is 0 Å². The average Bonchev–Trinajstić information content (AvgIpc) is 3.27. The van der Waals surface area contributed by atoms with Crippen LogP contribution in [-0.2, 0) is 24.4 Å². The molecule has 0 spiro atoms. The number of hydrogen-bond acceptors (Lipinski definition) is 4. The third-order valence-electron chi connectivity index (χ3n) is 5.54. The number of aromatic nitrogens is 2. The molecular formula is C20H25FN4O2. The molecule has 0 radical (unpaired) electrons. The summed E-state index contributed by atoms with van der Waals surface area (Å²) in [4.78, 5) is 17.6. The van der Waals surface area contributed by atoms with E-state index in [1.807, 2.05) is 4.90 Å². The fourth-order valence-corrected chi connectivity index (χ4v) is 4.15. The van der Waals surface area contributed by atoms with E-state index in [2.05, 4.69) is 10.00 Å². The van der Waals surface area contributed by atoms with Gasteiger partial charge in [-0.2, -0.15) is 5.10 Å². The molecule has 1 aromatic heterocycles. The number of likely N-dealkylation sites (tertiary alicyclic amines) is 1. The Kier molecular flexibility index (Phi) is 5.22. The number of hydrogen-bond donors (Lipinski definition) is 1. The van der Waals surface area contributed by atoms with Crippen LogP contribution in [0.15, 0.2) is 30.5 Å². The first-order chi connectivity index (χ1) is 13.2. The van der Waals surface area contributed by atoms with E-state index in [-0.39, 0.29) is 24.4 Å². The number of carbonyl (C=O) groups is 1. The number of halogens is 1. The Morgan fingerprint density at radius 3 is 2.59 bits per heavy atom. The second kappa shape index (κ2) is 7.78. The summed E-state index contributed by atoms with van der Waals surface area (Å²) in [5, 5.41) is 13.5. The van der Waals surface area contributed by atoms with E-state index in [0.717, 1.165) is 42.8 Å². The second-order valence-corrected chi connectivity index (χ2v) is 7.31. The first kappa shape index (κ1) is 18.1. The van der Waals surface area contributed by atoms with E-state index >= 15 is 0 Å². The zero-order valence-corrected chi connectivity index (χ0v) is 15.4. The van der Waals surface area contributed by atoms with Gasteiger partial charge in [0.25, 0.3) is 0 Å². The van der Waals surface area contributed by atoms with Crippen molar-refractivity contribution >= 4 is 5.91 Å². The number of carbonyl (C=O) groups excluding carboxylic acids is 1. The van der Waals surface area contributed by atoms with Gasteiger partial charge >= 0.3 is 0 Å². The molecule has 0 unspecified atom stereocenters. The molecule has 2 aliphatic heterocycles. The summed E-state index contributed by atoms with van der Waals surface area (Å²) in [6, 6.07) is 5.93. The molecule has 27 heavy (non-hydrogen) atoms. The number of nitrogens with zero attached hydrogens (tertiary/aromatic N) is 4. The van der Waals surface area contributed by atoms with Crippen LogP contribution in [0.1, 0.15) is 42.1 Å². The number of benzene rings is 1. The number of fused-ring (bicyclic) bond motifs is 1. The molecule has 144 valence electrons. The Morgan fingerprint density at radius 2 is 1.89 bits per heavy atom. The molecule has 1 saturated heterocycles. The molecule has 1 atom stereocenters. The number of aliphatic hydroxyl groups excluding tert-OH is 1. The van der Waals surface area contributed by atoms with Crippen LogP contribution < -0.4 is 0 Å². The fourth-order valence-electron chi connectivity index (χ4n) is 4.15. The van der Waals surface area contributed by atoms with Crippen molar-refractivity contribution in [3.05, 3.63) is 53.1 Å². The molecule has 1 amide bonds. The smallest absolute Gasteiger partial charge is 0.245 e. The Hall–Kier alpha value is -2.25. The van der Waals surface area contributed by atoms with Crippen molar-refractivity contribution in [2.24, 2.45) is 0 Å². The zero-order chi connectivity index (χ0) is 18.8. The van der Waals surface area contributed by atoms with Crippen molar-refractivity contribution in [2.45, 2.75) is 44.9 Å². The molecule has 2 aliphatic rings. The quantitative estimate of drug-likeness (QED) is 0.873. The van der Waals surface area contributed by atoms with Crippen LogP contribution in [0, 0.1) is 5.82 Å². The van der Waals surface area contributed by atoms with Gasteiger partial charge in [-0.15, -0.1) is 0 Å². The SMILES string of the molecule is O=C([C@H](c1ccc(F)cc1)N1CCCCC1)N1Cc2cnn(CCO)c2C1. The maximum Gasteiger partial charge on any atom is 0.245 e. The second-order valence-electron chi connectivity index (χ2n) is 7.31. The van der Waals surface area contributed by atoms with Gasteiger partial charge in [0.15, 0.2) is 0 Å². The van der Waals surface area contributed by atoms with Crippen molar-refractivity contribution in [3.63, 3.8) is 0 Å². The molecule has 0 aliphatic carbocycles. The lowest BCUT2D eigenvalue weighted by Gasteiger charge is -2.36. The Labute approximate surface area is 158 Å². The Bertz CT molecular complexity index is 799. The standard InChI is InChI=1S/C20H25FN4O2/c21-17-6-4-15(5-7-17)19(23-8-2-1-3-9-23)20(27)24-13-16-12-22-25(10-11-26)18(16)14-24/h4-7,12,19,26H,1-3,8-11,13-14H2/t19-/m0/s1. The molecule has 3 heterocycles. The highest BCUT2D eigenvalue weighted by molar-refractivity contribution is 5.84. The van der Waals surface area contributed by atoms with Crippen LogP contribution in [0.2, 0.25) is 0 Å². The van der Waals surface area contributed by atoms with Crippen molar-refractivity contribution < 1.29 is 14.3 Å². The molecule has 4 rings (SSSR count). The third-order valence-corrected chi connectivity index (χ3v) is 5.54. The summed E-state index contributed by atoms with van der Waals surface area (Å²) >= 11 is 0. The maximum atomic E-state index is 13.5. The fraction of sp³-hybridized carbons (Fsp3) is 0.500. The molecule has 7 heteroatoms. The first-order valence-corrected chi connectivity index (χ1v) is 9.60. The molecule has 1 aromatic carbocycles. The molecule has 1 N–H and O–H groups in total. The van der Waals surface area contributed by atoms with Gasteiger partial charge in [0.05, 0.1) is 31.6 Å². The average molecular weight is 372 g/mol. The highest BCUT2D eigenvalue weighted by atomic mass is 19.1. The molecular weight excluding hydrogens is 347 g/mol. The van der Waals surface area contributed by atoms with E-state index in [1.165, 1.54) is 18.6 Å². The number of piperidine rings is 1. The largest absolute Gasteiger partial charge is 0.394 e. The highest BCUT2D eigenvalue weighted by Crippen LogP contribution is 2.31. The predicted octanol–water partition coefficient (Wildman–Crippen LogP) is 2.08. The van der Waals surface area contributed by atoms with E-state index in [0.29, 0.717) is 19.6 Å². The topological polar surface area (TPSA) is 61.6 Å². The molecule has 2 aromatic rings.